The number of anilines is 1. The highest BCUT2D eigenvalue weighted by molar-refractivity contribution is 5.79. The number of carbonyl (C=O) groups excluding carboxylic acids is 1. The Bertz CT molecular complexity index is 1160. The number of benzene rings is 1. The van der Waals surface area contributed by atoms with E-state index < -0.39 is 0 Å². The van der Waals surface area contributed by atoms with Crippen LogP contribution in [0.4, 0.5) is 10.4 Å². The quantitative estimate of drug-likeness (QED) is 0.510. The molecule has 0 saturated carbocycles. The van der Waals surface area contributed by atoms with Gasteiger partial charge in [0.1, 0.15) is 11.6 Å². The van der Waals surface area contributed by atoms with Crippen LogP contribution in [0, 0.1) is 17.7 Å². The van der Waals surface area contributed by atoms with E-state index >= 15 is 0 Å². The van der Waals surface area contributed by atoms with Gasteiger partial charge >= 0.3 is 6.01 Å². The summed E-state index contributed by atoms with van der Waals surface area (Å²) in [4.78, 5) is 25.6. The predicted octanol–water partition coefficient (Wildman–Crippen LogP) is 3.13. The molecule has 0 bridgehead atoms. The molecule has 0 aliphatic carbocycles. The van der Waals surface area contributed by atoms with Crippen LogP contribution in [0.3, 0.4) is 0 Å². The van der Waals surface area contributed by atoms with Gasteiger partial charge in [-0.2, -0.15) is 4.98 Å². The lowest BCUT2D eigenvalue weighted by Gasteiger charge is -2.30. The zero-order chi connectivity index (χ0) is 24.9. The Balaban J connectivity index is 1.05. The second-order valence-electron chi connectivity index (χ2n) is 9.54. The monoisotopic (exact) mass is 494 g/mol. The van der Waals surface area contributed by atoms with Gasteiger partial charge in [0.15, 0.2) is 0 Å². The molecule has 1 unspecified atom stereocenters. The maximum atomic E-state index is 13.4. The van der Waals surface area contributed by atoms with Gasteiger partial charge in [0.2, 0.25) is 11.7 Å². The van der Waals surface area contributed by atoms with Gasteiger partial charge in [0.05, 0.1) is 13.3 Å². The van der Waals surface area contributed by atoms with Gasteiger partial charge < -0.3 is 19.5 Å². The Hall–Kier alpha value is -3.53. The number of nitrogens with zero attached hydrogens (tertiary/aromatic N) is 5. The maximum absolute atomic E-state index is 13.4. The number of aromatic nitrogens is 3. The van der Waals surface area contributed by atoms with E-state index in [2.05, 4.69) is 25.3 Å². The zero-order valence-corrected chi connectivity index (χ0v) is 20.4. The average molecular weight is 495 g/mol. The summed E-state index contributed by atoms with van der Waals surface area (Å²) < 4.78 is 24.1. The van der Waals surface area contributed by atoms with Crippen LogP contribution in [0.1, 0.15) is 24.8 Å². The van der Waals surface area contributed by atoms with E-state index in [1.165, 1.54) is 12.3 Å². The summed E-state index contributed by atoms with van der Waals surface area (Å²) in [6, 6.07) is 9.53. The standard InChI is InChI=1S/C26H31FN6O3/c1-35-23-4-2-20(3-5-23)24-30-26(36-31-24)33-10-7-21(8-11-33)25(34)29-14-18-6-9-32(16-18)17-19-12-22(27)15-28-13-19/h2-5,12-13,15,18,21H,6-11,14,16-17H2,1H3,(H,29,34). The number of piperidine rings is 1. The van der Waals surface area contributed by atoms with Crippen molar-refractivity contribution < 1.29 is 18.4 Å². The fraction of sp³-hybridized carbons (Fsp3) is 0.462. The summed E-state index contributed by atoms with van der Waals surface area (Å²) >= 11 is 0. The van der Waals surface area contributed by atoms with E-state index in [1.807, 2.05) is 29.2 Å². The number of carbonyl (C=O) groups is 1. The zero-order valence-electron chi connectivity index (χ0n) is 20.4. The molecule has 9 nitrogen and oxygen atoms in total. The second kappa shape index (κ2) is 11.0. The average Bonchev–Trinajstić information content (AvgIpc) is 3.58. The highest BCUT2D eigenvalue weighted by Crippen LogP contribution is 2.26. The van der Waals surface area contributed by atoms with Crippen molar-refractivity contribution in [1.29, 1.82) is 0 Å². The first kappa shape index (κ1) is 24.2. The Morgan fingerprint density at radius 3 is 2.72 bits per heavy atom. The minimum atomic E-state index is -0.307. The molecule has 2 aliphatic rings. The molecule has 2 fully saturated rings. The molecule has 0 spiro atoms. The fourth-order valence-corrected chi connectivity index (χ4v) is 4.95. The summed E-state index contributed by atoms with van der Waals surface area (Å²) in [5, 5.41) is 7.27. The third kappa shape index (κ3) is 5.81. The van der Waals surface area contributed by atoms with E-state index in [1.54, 1.807) is 13.3 Å². The Labute approximate surface area is 209 Å². The van der Waals surface area contributed by atoms with Crippen LogP contribution >= 0.6 is 0 Å². The van der Waals surface area contributed by atoms with Crippen LogP contribution in [0.25, 0.3) is 11.4 Å². The lowest BCUT2D eigenvalue weighted by molar-refractivity contribution is -0.125. The van der Waals surface area contributed by atoms with Crippen LogP contribution in [-0.2, 0) is 11.3 Å². The first-order valence-electron chi connectivity index (χ1n) is 12.4. The van der Waals surface area contributed by atoms with Gasteiger partial charge in [-0.3, -0.25) is 14.7 Å². The minimum absolute atomic E-state index is 0.0129. The van der Waals surface area contributed by atoms with Crippen molar-refractivity contribution in [2.24, 2.45) is 11.8 Å². The molecular formula is C26H31FN6O3. The highest BCUT2D eigenvalue weighted by atomic mass is 19.1. The van der Waals surface area contributed by atoms with Crippen molar-refractivity contribution >= 4 is 11.9 Å². The molecule has 1 N–H and O–H groups in total. The minimum Gasteiger partial charge on any atom is -0.497 e. The van der Waals surface area contributed by atoms with E-state index in [-0.39, 0.29) is 17.6 Å². The van der Waals surface area contributed by atoms with Gasteiger partial charge in [0.25, 0.3) is 0 Å². The number of likely N-dealkylation sites (tertiary alicyclic amines) is 1. The molecule has 36 heavy (non-hydrogen) atoms. The predicted molar refractivity (Wildman–Crippen MR) is 132 cm³/mol. The smallest absolute Gasteiger partial charge is 0.324 e. The van der Waals surface area contributed by atoms with Crippen LogP contribution < -0.4 is 15.0 Å². The van der Waals surface area contributed by atoms with Crippen molar-refractivity contribution in [3.8, 4) is 17.1 Å². The van der Waals surface area contributed by atoms with E-state index in [4.69, 9.17) is 9.26 Å². The summed E-state index contributed by atoms with van der Waals surface area (Å²) in [5.74, 6) is 1.51. The number of pyridine rings is 1. The molecule has 0 radical (unpaired) electrons. The summed E-state index contributed by atoms with van der Waals surface area (Å²) in [6.45, 7) is 4.58. The Morgan fingerprint density at radius 1 is 1.17 bits per heavy atom. The summed E-state index contributed by atoms with van der Waals surface area (Å²) in [5.41, 5.74) is 1.74. The molecule has 1 aromatic carbocycles. The van der Waals surface area contributed by atoms with Gasteiger partial charge in [-0.25, -0.2) is 4.39 Å². The number of halogens is 1. The molecule has 10 heteroatoms. The molecule has 190 valence electrons. The third-order valence-corrected chi connectivity index (χ3v) is 7.00. The molecule has 5 rings (SSSR count). The van der Waals surface area contributed by atoms with Gasteiger partial charge in [-0.1, -0.05) is 5.16 Å². The maximum Gasteiger partial charge on any atom is 0.324 e. The normalized spacial score (nSPS) is 18.9. The van der Waals surface area contributed by atoms with E-state index in [0.29, 0.717) is 43.9 Å². The Kier molecular flexibility index (Phi) is 7.41. The topological polar surface area (TPSA) is 96.6 Å². The van der Waals surface area contributed by atoms with E-state index in [9.17, 15) is 9.18 Å². The number of nitrogens with one attached hydrogen (secondary N) is 1. The summed E-state index contributed by atoms with van der Waals surface area (Å²) in [6.07, 6.45) is 5.44. The number of ether oxygens (including phenoxy) is 1. The van der Waals surface area contributed by atoms with Crippen LogP contribution in [0.2, 0.25) is 0 Å². The molecule has 1 amide bonds. The number of hydrogen-bond acceptors (Lipinski definition) is 8. The van der Waals surface area contributed by atoms with Crippen molar-refractivity contribution in [3.05, 3.63) is 54.1 Å². The second-order valence-corrected chi connectivity index (χ2v) is 9.54. The first-order valence-corrected chi connectivity index (χ1v) is 12.4. The highest BCUT2D eigenvalue weighted by Gasteiger charge is 2.29. The first-order chi connectivity index (χ1) is 17.6. The van der Waals surface area contributed by atoms with E-state index in [0.717, 1.165) is 49.2 Å². The molecular weight excluding hydrogens is 463 g/mol. The lowest BCUT2D eigenvalue weighted by Crippen LogP contribution is -2.42. The fourth-order valence-electron chi connectivity index (χ4n) is 4.95. The van der Waals surface area contributed by atoms with Gasteiger partial charge in [0, 0.05) is 50.4 Å². The van der Waals surface area contributed by atoms with Crippen molar-refractivity contribution in [2.75, 3.05) is 44.7 Å². The van der Waals surface area contributed by atoms with Gasteiger partial charge in [-0.05, 0) is 67.6 Å². The van der Waals surface area contributed by atoms with Crippen molar-refractivity contribution in [2.45, 2.75) is 25.8 Å². The number of rotatable bonds is 8. The molecule has 2 saturated heterocycles. The third-order valence-electron chi connectivity index (χ3n) is 7.00. The SMILES string of the molecule is COc1ccc(-c2noc(N3CCC(C(=O)NCC4CCN(Cc5cncc(F)c5)C4)CC3)n2)cc1. The number of amides is 1. The van der Waals surface area contributed by atoms with Gasteiger partial charge in [-0.15, -0.1) is 0 Å². The lowest BCUT2D eigenvalue weighted by atomic mass is 9.96. The van der Waals surface area contributed by atoms with Crippen LogP contribution in [0.15, 0.2) is 47.2 Å². The molecule has 2 aliphatic heterocycles. The van der Waals surface area contributed by atoms with Crippen LogP contribution in [0.5, 0.6) is 5.75 Å². The van der Waals surface area contributed by atoms with Crippen molar-refractivity contribution in [1.82, 2.24) is 25.3 Å². The largest absolute Gasteiger partial charge is 0.497 e. The van der Waals surface area contributed by atoms with Crippen LogP contribution in [-0.4, -0.2) is 65.8 Å². The molecule has 3 aromatic rings. The number of methoxy groups -OCH3 is 1. The number of hydrogen-bond donors (Lipinski definition) is 1. The molecule has 1 atom stereocenters. The molecule has 2 aromatic heterocycles. The Morgan fingerprint density at radius 2 is 1.97 bits per heavy atom. The molecule has 4 heterocycles. The van der Waals surface area contributed by atoms with Crippen molar-refractivity contribution in [3.63, 3.8) is 0 Å². The summed E-state index contributed by atoms with van der Waals surface area (Å²) in [7, 11) is 1.63.